The Labute approximate surface area is 205 Å². The van der Waals surface area contributed by atoms with Crippen LogP contribution < -0.4 is 15.8 Å². The first kappa shape index (κ1) is 24.7. The zero-order valence-corrected chi connectivity index (χ0v) is 20.3. The smallest absolute Gasteiger partial charge is 0.337 e. The molecule has 1 saturated carbocycles. The first-order valence-electron chi connectivity index (χ1n) is 12.2. The van der Waals surface area contributed by atoms with Crippen molar-refractivity contribution in [3.8, 4) is 0 Å². The molecule has 1 aromatic heterocycles. The van der Waals surface area contributed by atoms with Gasteiger partial charge in [-0.3, -0.25) is 25.3 Å². The summed E-state index contributed by atoms with van der Waals surface area (Å²) in [5, 5.41) is 0. The first-order chi connectivity index (χ1) is 17.0. The number of anilines is 1. The molecule has 0 bridgehead atoms. The lowest BCUT2D eigenvalue weighted by atomic mass is 9.86. The number of piperazine rings is 1. The maximum atomic E-state index is 12.9. The van der Waals surface area contributed by atoms with Crippen LogP contribution >= 0.6 is 0 Å². The van der Waals surface area contributed by atoms with Crippen molar-refractivity contribution in [2.75, 3.05) is 38.2 Å². The number of carbonyl (C=O) groups is 3. The van der Waals surface area contributed by atoms with Crippen molar-refractivity contribution in [2.24, 2.45) is 5.92 Å². The Balaban J connectivity index is 1.33. The molecular weight excluding hydrogens is 446 g/mol. The van der Waals surface area contributed by atoms with Crippen molar-refractivity contribution in [3.63, 3.8) is 0 Å². The molecule has 2 aliphatic rings. The van der Waals surface area contributed by atoms with Crippen LogP contribution in [0, 0.1) is 5.92 Å². The van der Waals surface area contributed by atoms with Gasteiger partial charge in [0.05, 0.1) is 18.2 Å². The lowest BCUT2D eigenvalue weighted by Crippen LogP contribution is -2.52. The van der Waals surface area contributed by atoms with E-state index in [0.29, 0.717) is 28.6 Å². The lowest BCUT2D eigenvalue weighted by molar-refractivity contribution is 0.0600. The Morgan fingerprint density at radius 2 is 1.51 bits per heavy atom. The van der Waals surface area contributed by atoms with Crippen molar-refractivity contribution >= 4 is 23.6 Å². The third kappa shape index (κ3) is 5.97. The van der Waals surface area contributed by atoms with E-state index < -0.39 is 17.8 Å². The van der Waals surface area contributed by atoms with E-state index in [0.717, 1.165) is 32.1 Å². The molecule has 1 aromatic carbocycles. The van der Waals surface area contributed by atoms with Gasteiger partial charge in [-0.15, -0.1) is 0 Å². The van der Waals surface area contributed by atoms with Crippen molar-refractivity contribution in [2.45, 2.75) is 38.6 Å². The minimum absolute atomic E-state index is 0.303. The fourth-order valence-corrected chi connectivity index (χ4v) is 4.86. The second-order valence-corrected chi connectivity index (χ2v) is 9.29. The molecule has 9 heteroatoms. The third-order valence-electron chi connectivity index (χ3n) is 7.00. The Hall–Kier alpha value is -3.46. The number of hydrogen-bond acceptors (Lipinski definition) is 7. The summed E-state index contributed by atoms with van der Waals surface area (Å²) in [6.07, 6.45) is 6.82. The quantitative estimate of drug-likeness (QED) is 0.502. The van der Waals surface area contributed by atoms with Crippen LogP contribution in [0.15, 0.2) is 42.6 Å². The van der Waals surface area contributed by atoms with E-state index in [-0.39, 0.29) is 0 Å². The second-order valence-electron chi connectivity index (χ2n) is 9.29. The number of carbonyl (C=O) groups excluding carboxylic acids is 3. The number of ether oxygens (including phenoxy) is 1. The number of esters is 1. The number of aromatic nitrogens is 1. The Morgan fingerprint density at radius 3 is 2.17 bits per heavy atom. The number of hydrogen-bond donors (Lipinski definition) is 2. The van der Waals surface area contributed by atoms with E-state index in [2.05, 4.69) is 37.3 Å². The Bertz CT molecular complexity index is 1040. The maximum absolute atomic E-state index is 12.9. The number of rotatable bonds is 5. The summed E-state index contributed by atoms with van der Waals surface area (Å²) in [4.78, 5) is 46.1. The topological polar surface area (TPSA) is 104 Å². The summed E-state index contributed by atoms with van der Waals surface area (Å²) in [5.41, 5.74) is 5.97. The predicted molar refractivity (Wildman–Crippen MR) is 132 cm³/mol. The minimum atomic E-state index is -0.490. The van der Waals surface area contributed by atoms with Gasteiger partial charge < -0.3 is 9.64 Å². The molecule has 1 aliphatic carbocycles. The fraction of sp³-hybridized carbons (Fsp3) is 0.462. The van der Waals surface area contributed by atoms with Gasteiger partial charge in [-0.05, 0) is 68.0 Å². The van der Waals surface area contributed by atoms with Crippen LogP contribution in [-0.4, -0.2) is 67.0 Å². The SMILES string of the molecule is COC(=O)c1ccc(C(=O)NNC(=O)c2cccnc2N2CCN(C3CCC(C)CC3)CC2)cc1. The van der Waals surface area contributed by atoms with Gasteiger partial charge >= 0.3 is 5.97 Å². The number of nitrogens with zero attached hydrogens (tertiary/aromatic N) is 3. The average Bonchev–Trinajstić information content (AvgIpc) is 2.91. The number of hydrazine groups is 1. The zero-order valence-electron chi connectivity index (χ0n) is 20.3. The summed E-state index contributed by atoms with van der Waals surface area (Å²) in [6.45, 7) is 5.86. The molecule has 4 rings (SSSR count). The van der Waals surface area contributed by atoms with E-state index in [9.17, 15) is 14.4 Å². The highest BCUT2D eigenvalue weighted by molar-refractivity contribution is 6.02. The van der Waals surface area contributed by atoms with Crippen molar-refractivity contribution in [3.05, 3.63) is 59.3 Å². The third-order valence-corrected chi connectivity index (χ3v) is 7.00. The van der Waals surface area contributed by atoms with Gasteiger partial charge in [-0.2, -0.15) is 0 Å². The molecule has 35 heavy (non-hydrogen) atoms. The first-order valence-corrected chi connectivity index (χ1v) is 12.2. The van der Waals surface area contributed by atoms with Crippen LogP contribution in [-0.2, 0) is 4.74 Å². The van der Waals surface area contributed by atoms with Crippen LogP contribution in [0.1, 0.15) is 63.7 Å². The van der Waals surface area contributed by atoms with Crippen LogP contribution in [0.25, 0.3) is 0 Å². The van der Waals surface area contributed by atoms with Gasteiger partial charge in [0, 0.05) is 44.0 Å². The van der Waals surface area contributed by atoms with Gasteiger partial charge in [-0.25, -0.2) is 9.78 Å². The minimum Gasteiger partial charge on any atom is -0.465 e. The van der Waals surface area contributed by atoms with Crippen LogP contribution in [0.4, 0.5) is 5.82 Å². The second kappa shape index (κ2) is 11.3. The molecule has 0 spiro atoms. The molecule has 2 heterocycles. The van der Waals surface area contributed by atoms with Gasteiger partial charge in [0.2, 0.25) is 0 Å². The largest absolute Gasteiger partial charge is 0.465 e. The number of pyridine rings is 1. The highest BCUT2D eigenvalue weighted by Crippen LogP contribution is 2.28. The van der Waals surface area contributed by atoms with Crippen molar-refractivity contribution < 1.29 is 19.1 Å². The number of benzene rings is 1. The number of nitrogens with one attached hydrogen (secondary N) is 2. The number of amides is 2. The molecule has 9 nitrogen and oxygen atoms in total. The molecule has 0 radical (unpaired) electrons. The molecule has 2 aromatic rings. The summed E-state index contributed by atoms with van der Waals surface area (Å²) in [7, 11) is 1.29. The zero-order chi connectivity index (χ0) is 24.8. The normalized spacial score (nSPS) is 20.7. The molecular formula is C26H33N5O4. The van der Waals surface area contributed by atoms with E-state index in [1.807, 2.05) is 0 Å². The molecule has 0 unspecified atom stereocenters. The van der Waals surface area contributed by atoms with Crippen molar-refractivity contribution in [1.29, 1.82) is 0 Å². The highest BCUT2D eigenvalue weighted by atomic mass is 16.5. The maximum Gasteiger partial charge on any atom is 0.337 e. The van der Waals surface area contributed by atoms with Gasteiger partial charge in [0.1, 0.15) is 5.82 Å². The Kier molecular flexibility index (Phi) is 7.97. The van der Waals surface area contributed by atoms with E-state index in [1.165, 1.54) is 57.1 Å². The van der Waals surface area contributed by atoms with Crippen LogP contribution in [0.2, 0.25) is 0 Å². The summed E-state index contributed by atoms with van der Waals surface area (Å²) < 4.78 is 4.66. The fourth-order valence-electron chi connectivity index (χ4n) is 4.86. The van der Waals surface area contributed by atoms with E-state index >= 15 is 0 Å². The van der Waals surface area contributed by atoms with E-state index in [1.54, 1.807) is 18.3 Å². The monoisotopic (exact) mass is 479 g/mol. The van der Waals surface area contributed by atoms with Crippen LogP contribution in [0.3, 0.4) is 0 Å². The van der Waals surface area contributed by atoms with Gasteiger partial charge in [0.15, 0.2) is 0 Å². The van der Waals surface area contributed by atoms with Gasteiger partial charge in [0.25, 0.3) is 11.8 Å². The summed E-state index contributed by atoms with van der Waals surface area (Å²) in [6, 6.07) is 10.1. The summed E-state index contributed by atoms with van der Waals surface area (Å²) in [5.74, 6) is 0.0518. The lowest BCUT2D eigenvalue weighted by Gasteiger charge is -2.42. The standard InChI is InChI=1S/C26H33N5O4/c1-18-5-11-21(12-6-18)30-14-16-31(17-15-30)23-22(4-3-13-27-23)25(33)29-28-24(32)19-7-9-20(10-8-19)26(34)35-2/h3-4,7-10,13,18,21H,5-6,11-12,14-17H2,1-2H3,(H,28,32)(H,29,33). The molecule has 1 aliphatic heterocycles. The molecule has 2 N–H and O–H groups in total. The van der Waals surface area contributed by atoms with Gasteiger partial charge in [-0.1, -0.05) is 6.92 Å². The predicted octanol–water partition coefficient (Wildman–Crippen LogP) is 2.64. The molecule has 0 atom stereocenters. The summed E-state index contributed by atoms with van der Waals surface area (Å²) >= 11 is 0. The molecule has 1 saturated heterocycles. The van der Waals surface area contributed by atoms with Crippen molar-refractivity contribution in [1.82, 2.24) is 20.7 Å². The molecule has 2 fully saturated rings. The highest BCUT2D eigenvalue weighted by Gasteiger charge is 2.28. The van der Waals surface area contributed by atoms with E-state index in [4.69, 9.17) is 0 Å². The molecule has 186 valence electrons. The number of methoxy groups -OCH3 is 1. The average molecular weight is 480 g/mol. The van der Waals surface area contributed by atoms with Crippen LogP contribution in [0.5, 0.6) is 0 Å². The Morgan fingerprint density at radius 1 is 0.886 bits per heavy atom. The molecule has 2 amide bonds.